The second-order valence-electron chi connectivity index (χ2n) is 2.39. The summed E-state index contributed by atoms with van der Waals surface area (Å²) in [5.41, 5.74) is 0. The van der Waals surface area contributed by atoms with E-state index in [0.29, 0.717) is 5.75 Å². The van der Waals surface area contributed by atoms with Gasteiger partial charge in [-0.3, -0.25) is 0 Å². The molecule has 0 aliphatic carbocycles. The van der Waals surface area contributed by atoms with E-state index in [1.165, 1.54) is 0 Å². The number of hydrogen-bond acceptors (Lipinski definition) is 3. The molecule has 0 spiro atoms. The summed E-state index contributed by atoms with van der Waals surface area (Å²) < 4.78 is 9.97. The number of hydrogen-bond donors (Lipinski definition) is 1. The molecular weight excluding hydrogens is 156 g/mol. The maximum Gasteiger partial charge on any atom is 0.194 e. The molecule has 1 unspecified atom stereocenters. The highest BCUT2D eigenvalue weighted by molar-refractivity contribution is 5.31. The number of methoxy groups -OCH3 is 1. The Hall–Kier alpha value is -1.22. The fraction of sp³-hybridized carbons (Fsp3) is 0.333. The van der Waals surface area contributed by atoms with E-state index in [2.05, 4.69) is 0 Å². The highest BCUT2D eigenvalue weighted by Gasteiger charge is 1.97. The van der Waals surface area contributed by atoms with Crippen LogP contribution in [0.25, 0.3) is 0 Å². The van der Waals surface area contributed by atoms with Gasteiger partial charge in [0, 0.05) is 0 Å². The summed E-state index contributed by atoms with van der Waals surface area (Å²) in [6.45, 7) is 1.56. The Kier molecular flexibility index (Phi) is 2.94. The van der Waals surface area contributed by atoms with Crippen LogP contribution in [0.3, 0.4) is 0 Å². The van der Waals surface area contributed by atoms with Gasteiger partial charge in [0.2, 0.25) is 0 Å². The van der Waals surface area contributed by atoms with Gasteiger partial charge in [0.05, 0.1) is 7.11 Å². The fourth-order valence-corrected chi connectivity index (χ4v) is 0.851. The smallest absolute Gasteiger partial charge is 0.194 e. The number of aliphatic hydroxyl groups is 1. The predicted molar refractivity (Wildman–Crippen MR) is 45.3 cm³/mol. The third kappa shape index (κ3) is 2.43. The molecule has 0 saturated carbocycles. The molecule has 3 heteroatoms. The molecule has 0 heterocycles. The van der Waals surface area contributed by atoms with Gasteiger partial charge in [-0.15, -0.1) is 0 Å². The average molecular weight is 168 g/mol. The molecule has 0 amide bonds. The normalized spacial score (nSPS) is 12.2. The minimum Gasteiger partial charge on any atom is -0.497 e. The molecule has 0 bridgehead atoms. The SMILES string of the molecule is COc1ccc(OC(C)O)cc1. The van der Waals surface area contributed by atoms with E-state index in [-0.39, 0.29) is 0 Å². The quantitative estimate of drug-likeness (QED) is 0.693. The third-order valence-corrected chi connectivity index (χ3v) is 1.37. The van der Waals surface area contributed by atoms with E-state index >= 15 is 0 Å². The first-order valence-corrected chi connectivity index (χ1v) is 3.71. The van der Waals surface area contributed by atoms with E-state index in [0.717, 1.165) is 5.75 Å². The molecule has 1 rings (SSSR count). The maximum absolute atomic E-state index is 8.88. The monoisotopic (exact) mass is 168 g/mol. The Labute approximate surface area is 71.5 Å². The van der Waals surface area contributed by atoms with Crippen LogP contribution in [0, 0.1) is 0 Å². The average Bonchev–Trinajstić information content (AvgIpc) is 2.05. The van der Waals surface area contributed by atoms with Gasteiger partial charge in [0.15, 0.2) is 6.29 Å². The first-order valence-electron chi connectivity index (χ1n) is 3.71. The van der Waals surface area contributed by atoms with Gasteiger partial charge in [-0.25, -0.2) is 0 Å². The summed E-state index contributed by atoms with van der Waals surface area (Å²) in [7, 11) is 1.60. The number of benzene rings is 1. The third-order valence-electron chi connectivity index (χ3n) is 1.37. The molecule has 0 aliphatic rings. The van der Waals surface area contributed by atoms with Crippen molar-refractivity contribution < 1.29 is 14.6 Å². The molecule has 3 nitrogen and oxygen atoms in total. The largest absolute Gasteiger partial charge is 0.497 e. The maximum atomic E-state index is 8.88. The van der Waals surface area contributed by atoms with Crippen LogP contribution >= 0.6 is 0 Å². The highest BCUT2D eigenvalue weighted by Crippen LogP contribution is 2.17. The van der Waals surface area contributed by atoms with Gasteiger partial charge in [0.25, 0.3) is 0 Å². The molecular formula is C9H12O3. The first-order chi connectivity index (χ1) is 5.72. The Morgan fingerprint density at radius 1 is 1.17 bits per heavy atom. The highest BCUT2D eigenvalue weighted by atomic mass is 16.6. The minimum absolute atomic E-state index is 0.630. The van der Waals surface area contributed by atoms with Gasteiger partial charge >= 0.3 is 0 Å². The molecule has 0 aliphatic heterocycles. The molecule has 1 N–H and O–H groups in total. The van der Waals surface area contributed by atoms with Crippen LogP contribution < -0.4 is 9.47 Å². The van der Waals surface area contributed by atoms with Crippen molar-refractivity contribution in [1.82, 2.24) is 0 Å². The van der Waals surface area contributed by atoms with E-state index in [4.69, 9.17) is 14.6 Å². The molecule has 0 saturated heterocycles. The molecule has 1 aromatic carbocycles. The van der Waals surface area contributed by atoms with Crippen molar-refractivity contribution in [3.63, 3.8) is 0 Å². The van der Waals surface area contributed by atoms with Gasteiger partial charge in [0.1, 0.15) is 11.5 Å². The summed E-state index contributed by atoms with van der Waals surface area (Å²) >= 11 is 0. The van der Waals surface area contributed by atoms with Crippen LogP contribution in [0.1, 0.15) is 6.92 Å². The van der Waals surface area contributed by atoms with E-state index in [9.17, 15) is 0 Å². The van der Waals surface area contributed by atoms with Crippen molar-refractivity contribution in [3.05, 3.63) is 24.3 Å². The van der Waals surface area contributed by atoms with Crippen LogP contribution in [-0.4, -0.2) is 18.5 Å². The van der Waals surface area contributed by atoms with E-state index in [1.807, 2.05) is 0 Å². The molecule has 0 radical (unpaired) electrons. The van der Waals surface area contributed by atoms with Crippen LogP contribution in [0.4, 0.5) is 0 Å². The lowest BCUT2D eigenvalue weighted by atomic mass is 10.3. The zero-order valence-corrected chi connectivity index (χ0v) is 7.15. The second-order valence-corrected chi connectivity index (χ2v) is 2.39. The summed E-state index contributed by atoms with van der Waals surface area (Å²) in [6.07, 6.45) is -0.779. The summed E-state index contributed by atoms with van der Waals surface area (Å²) in [5.74, 6) is 1.40. The van der Waals surface area contributed by atoms with E-state index < -0.39 is 6.29 Å². The summed E-state index contributed by atoms with van der Waals surface area (Å²) in [4.78, 5) is 0. The Balaban J connectivity index is 2.65. The van der Waals surface area contributed by atoms with Gasteiger partial charge in [-0.05, 0) is 31.2 Å². The van der Waals surface area contributed by atoms with Gasteiger partial charge < -0.3 is 14.6 Å². The number of aliphatic hydroxyl groups excluding tert-OH is 1. The lowest BCUT2D eigenvalue weighted by molar-refractivity contribution is -0.000325. The summed E-state index contributed by atoms with van der Waals surface area (Å²) in [6, 6.07) is 7.03. The van der Waals surface area contributed by atoms with Gasteiger partial charge in [-0.1, -0.05) is 0 Å². The summed E-state index contributed by atoms with van der Waals surface area (Å²) in [5, 5.41) is 8.88. The Morgan fingerprint density at radius 3 is 2.08 bits per heavy atom. The predicted octanol–water partition coefficient (Wildman–Crippen LogP) is 1.41. The molecule has 1 aromatic rings. The Morgan fingerprint density at radius 2 is 1.67 bits per heavy atom. The zero-order valence-electron chi connectivity index (χ0n) is 7.15. The van der Waals surface area contributed by atoms with Crippen molar-refractivity contribution in [3.8, 4) is 11.5 Å². The van der Waals surface area contributed by atoms with Crippen LogP contribution in [-0.2, 0) is 0 Å². The van der Waals surface area contributed by atoms with Crippen molar-refractivity contribution in [2.75, 3.05) is 7.11 Å². The molecule has 66 valence electrons. The van der Waals surface area contributed by atoms with Crippen molar-refractivity contribution in [1.29, 1.82) is 0 Å². The lowest BCUT2D eigenvalue weighted by Crippen LogP contribution is -2.09. The standard InChI is InChI=1S/C9H12O3/c1-7(10)12-9-5-3-8(11-2)4-6-9/h3-7,10H,1-2H3. The second kappa shape index (κ2) is 3.97. The zero-order chi connectivity index (χ0) is 8.97. The fourth-order valence-electron chi connectivity index (χ4n) is 0.851. The molecule has 12 heavy (non-hydrogen) atoms. The van der Waals surface area contributed by atoms with E-state index in [1.54, 1.807) is 38.3 Å². The first kappa shape index (κ1) is 8.87. The van der Waals surface area contributed by atoms with Crippen molar-refractivity contribution in [2.45, 2.75) is 13.2 Å². The topological polar surface area (TPSA) is 38.7 Å². The van der Waals surface area contributed by atoms with Crippen LogP contribution in [0.15, 0.2) is 24.3 Å². The molecule has 1 atom stereocenters. The van der Waals surface area contributed by atoms with Crippen LogP contribution in [0.2, 0.25) is 0 Å². The molecule has 0 fully saturated rings. The number of rotatable bonds is 3. The minimum atomic E-state index is -0.779. The van der Waals surface area contributed by atoms with Crippen LogP contribution in [0.5, 0.6) is 11.5 Å². The number of ether oxygens (including phenoxy) is 2. The van der Waals surface area contributed by atoms with Crippen molar-refractivity contribution >= 4 is 0 Å². The van der Waals surface area contributed by atoms with Gasteiger partial charge in [-0.2, -0.15) is 0 Å². The Bertz CT molecular complexity index is 228. The lowest BCUT2D eigenvalue weighted by Gasteiger charge is -2.08. The van der Waals surface area contributed by atoms with Crippen molar-refractivity contribution in [2.24, 2.45) is 0 Å². The molecule has 0 aromatic heterocycles.